The van der Waals surface area contributed by atoms with Crippen molar-refractivity contribution in [3.63, 3.8) is 0 Å². The Morgan fingerprint density at radius 1 is 0.651 bits per heavy atom. The first-order valence-corrected chi connectivity index (χ1v) is 24.5. The third-order valence-corrected chi connectivity index (χ3v) is 16.4. The van der Waals surface area contributed by atoms with Gasteiger partial charge in [0, 0.05) is 63.8 Å². The number of carbonyl (C=O) groups excluding carboxylic acids is 4. The van der Waals surface area contributed by atoms with Gasteiger partial charge >= 0.3 is 11.9 Å². The molecule has 3 unspecified atom stereocenters. The van der Waals surface area contributed by atoms with Crippen LogP contribution in [0.15, 0.2) is 0 Å². The van der Waals surface area contributed by atoms with E-state index in [4.69, 9.17) is 41.6 Å². The number of fused-ring (bicyclic) bond motifs is 5. The molecule has 0 spiro atoms. The zero-order valence-electron chi connectivity index (χ0n) is 39.2. The second-order valence-electron chi connectivity index (χ2n) is 20.5. The van der Waals surface area contributed by atoms with Crippen molar-refractivity contribution in [1.29, 1.82) is 0 Å². The predicted octanol–water partition coefficient (Wildman–Crippen LogP) is 6.59. The van der Waals surface area contributed by atoms with E-state index in [1.807, 2.05) is 0 Å². The first-order valence-electron chi connectivity index (χ1n) is 24.5. The van der Waals surface area contributed by atoms with Gasteiger partial charge in [0.05, 0.1) is 24.4 Å². The van der Waals surface area contributed by atoms with Crippen molar-refractivity contribution in [3.05, 3.63) is 0 Å². The van der Waals surface area contributed by atoms with Gasteiger partial charge in [-0.1, -0.05) is 40.5 Å². The molecule has 0 aromatic heterocycles. The van der Waals surface area contributed by atoms with Crippen molar-refractivity contribution < 1.29 is 53.2 Å². The fraction of sp³-hybridized carbons (Fsp3) is 0.878. The Morgan fingerprint density at radius 2 is 1.17 bits per heavy atom. The summed E-state index contributed by atoms with van der Waals surface area (Å²) in [6.07, 6.45) is 13.3. The predicted molar refractivity (Wildman–Crippen MR) is 240 cm³/mol. The van der Waals surface area contributed by atoms with Gasteiger partial charge in [0.15, 0.2) is 0 Å². The maximum absolute atomic E-state index is 12.8. The summed E-state index contributed by atoms with van der Waals surface area (Å²) in [5.74, 6) is 0.221. The van der Waals surface area contributed by atoms with Crippen LogP contribution in [-0.2, 0) is 43.0 Å². The van der Waals surface area contributed by atoms with Crippen LogP contribution in [0.2, 0.25) is 0 Å². The molecule has 8 N–H and O–H groups in total. The normalized spacial score (nSPS) is 32.1. The molecule has 4 fully saturated rings. The quantitative estimate of drug-likeness (QED) is 0.0478. The van der Waals surface area contributed by atoms with Gasteiger partial charge in [-0.2, -0.15) is 0 Å². The lowest BCUT2D eigenvalue weighted by Gasteiger charge is -2.65. The minimum atomic E-state index is -1.10. The average molecular weight is 890 g/mol. The van der Waals surface area contributed by atoms with Gasteiger partial charge in [0.2, 0.25) is 0 Å². The summed E-state index contributed by atoms with van der Waals surface area (Å²) in [7, 11) is 0. The van der Waals surface area contributed by atoms with Gasteiger partial charge in [-0.05, 0) is 131 Å². The number of carboxylic acids is 2. The maximum Gasteiger partial charge on any atom is 0.320 e. The highest BCUT2D eigenvalue weighted by atomic mass is 16.5. The van der Waals surface area contributed by atoms with Crippen molar-refractivity contribution >= 4 is 35.1 Å². The highest BCUT2D eigenvalue weighted by molar-refractivity contribution is 5.83. The first kappa shape index (κ1) is 53.0. The minimum absolute atomic E-state index is 0.00227. The molecule has 4 rings (SSSR count). The van der Waals surface area contributed by atoms with Crippen LogP contribution in [0.5, 0.6) is 0 Å². The molecule has 0 bridgehead atoms. The van der Waals surface area contributed by atoms with E-state index in [1.54, 1.807) is 0 Å². The Balaban J connectivity index is 1.50. The Labute approximate surface area is 376 Å². The molecule has 63 heavy (non-hydrogen) atoms. The van der Waals surface area contributed by atoms with E-state index < -0.39 is 30.1 Å². The smallest absolute Gasteiger partial charge is 0.320 e. The molecule has 0 amide bonds. The lowest BCUT2D eigenvalue weighted by Crippen LogP contribution is -2.63. The Kier molecular flexibility index (Phi) is 20.8. The molecule has 0 heterocycles. The van der Waals surface area contributed by atoms with Gasteiger partial charge in [-0.3, -0.25) is 28.8 Å². The van der Waals surface area contributed by atoms with Crippen molar-refractivity contribution in [3.8, 4) is 0 Å². The van der Waals surface area contributed by atoms with Crippen LogP contribution in [0.3, 0.4) is 0 Å². The number of hydrogen-bond donors (Lipinski definition) is 5. The van der Waals surface area contributed by atoms with Crippen molar-refractivity contribution in [2.24, 2.45) is 63.5 Å². The molecule has 4 aliphatic rings. The Morgan fingerprint density at radius 3 is 1.70 bits per heavy atom. The number of aliphatic carboxylic acids is 2. The number of Topliss-reactive ketones (excluding diaryl/α,β-unsaturated/α-hetero) is 4. The second-order valence-corrected chi connectivity index (χ2v) is 20.5. The summed E-state index contributed by atoms with van der Waals surface area (Å²) in [4.78, 5) is 71.9. The molecule has 14 nitrogen and oxygen atoms in total. The molecule has 4 saturated carbocycles. The van der Waals surface area contributed by atoms with E-state index >= 15 is 0 Å². The minimum Gasteiger partial charge on any atom is -0.480 e. The molecule has 0 radical (unpaired) electrons. The van der Waals surface area contributed by atoms with Crippen molar-refractivity contribution in [2.45, 2.75) is 206 Å². The van der Waals surface area contributed by atoms with Crippen molar-refractivity contribution in [2.75, 3.05) is 19.8 Å². The van der Waals surface area contributed by atoms with Crippen LogP contribution in [0, 0.1) is 46.3 Å². The summed E-state index contributed by atoms with van der Waals surface area (Å²) in [5, 5.41) is 18.2. The molecular weight excluding hydrogens is 807 g/mol. The number of ether oxygens (including phenoxy) is 3. The van der Waals surface area contributed by atoms with E-state index in [0.717, 1.165) is 57.8 Å². The summed E-state index contributed by atoms with van der Waals surface area (Å²) < 4.78 is 20.5. The maximum atomic E-state index is 12.8. The molecule has 4 aliphatic carbocycles. The van der Waals surface area contributed by atoms with Crippen LogP contribution in [0.1, 0.15) is 169 Å². The molecule has 0 saturated heterocycles. The standard InChI is InChI=1S/C49H83N3O11/c1-6-10-30(2)37-17-18-38-45-39(29-44(49(37,38)5)63-26-9-13-35(56)16-21-42(52)47(59)60)48(4)23-22-36(61-24-7-11-34(55)15-20-41(51)46(57)58)27-32(48)28-43(45)62-25-8-12-33(54)14-19-40(50)31(3)53/h30,32,36-45H,6-29,50-52H2,1-5H3,(H,57,58)(H,59,60)/t30-,32+,36-,37-,38+,39+,40?,41?,42?,43-,44+,45+,48+,49-/m1/s1. The molecule has 0 aromatic rings. The Hall–Kier alpha value is -2.62. The number of carbonyl (C=O) groups is 6. The molecule has 360 valence electrons. The molecular formula is C49H83N3O11. The fourth-order valence-corrected chi connectivity index (χ4v) is 12.6. The van der Waals surface area contributed by atoms with Gasteiger partial charge in [-0.15, -0.1) is 0 Å². The first-order chi connectivity index (χ1) is 29.8. The number of nitrogens with two attached hydrogens (primary N) is 3. The number of hydrogen-bond acceptors (Lipinski definition) is 12. The largest absolute Gasteiger partial charge is 0.480 e. The second kappa shape index (κ2) is 24.8. The topological polar surface area (TPSA) is 249 Å². The van der Waals surface area contributed by atoms with Crippen LogP contribution in [-0.4, -0.2) is 102 Å². The molecule has 14 heteroatoms. The highest BCUT2D eigenvalue weighted by Crippen LogP contribution is 2.69. The summed E-state index contributed by atoms with van der Waals surface area (Å²) in [5.41, 5.74) is 17.1. The third kappa shape index (κ3) is 14.2. The van der Waals surface area contributed by atoms with E-state index in [1.165, 1.54) is 6.92 Å². The lowest BCUT2D eigenvalue weighted by atomic mass is 9.43. The number of ketones is 4. The SMILES string of the molecule is CCC[C@@H](C)[C@H]1CC[C@H]2[C@@H]3[C@H](OCCCC(=O)CCC(N)C(C)=O)C[C@@H]4C[C@H](OCCCC(=O)CCC(N)C(=O)O)CC[C@]4(C)[C@H]3C[C@H](OCCCC(=O)CCC(N)C(=O)O)[C@]12C. The van der Waals surface area contributed by atoms with Crippen LogP contribution in [0.25, 0.3) is 0 Å². The van der Waals surface area contributed by atoms with Crippen LogP contribution in [0.4, 0.5) is 0 Å². The zero-order valence-corrected chi connectivity index (χ0v) is 39.2. The number of rotatable bonds is 30. The van der Waals surface area contributed by atoms with Gasteiger partial charge in [0.1, 0.15) is 35.2 Å². The zero-order chi connectivity index (χ0) is 46.5. The van der Waals surface area contributed by atoms with E-state index in [-0.39, 0.29) is 84.4 Å². The van der Waals surface area contributed by atoms with E-state index in [2.05, 4.69) is 27.7 Å². The monoisotopic (exact) mass is 890 g/mol. The third-order valence-electron chi connectivity index (χ3n) is 16.4. The van der Waals surface area contributed by atoms with Crippen LogP contribution >= 0.6 is 0 Å². The van der Waals surface area contributed by atoms with E-state index in [0.29, 0.717) is 100 Å². The summed E-state index contributed by atoms with van der Waals surface area (Å²) in [6, 6.07) is -2.68. The van der Waals surface area contributed by atoms with Crippen molar-refractivity contribution in [1.82, 2.24) is 0 Å². The molecule has 14 atom stereocenters. The summed E-state index contributed by atoms with van der Waals surface area (Å²) in [6.45, 7) is 12.5. The van der Waals surface area contributed by atoms with Gasteiger partial charge in [-0.25, -0.2) is 0 Å². The van der Waals surface area contributed by atoms with Crippen LogP contribution < -0.4 is 17.2 Å². The van der Waals surface area contributed by atoms with Gasteiger partial charge < -0.3 is 41.6 Å². The van der Waals surface area contributed by atoms with E-state index in [9.17, 15) is 28.8 Å². The average Bonchev–Trinajstić information content (AvgIpc) is 3.60. The number of carboxylic acid groups (broad SMARTS) is 2. The molecule has 0 aliphatic heterocycles. The van der Waals surface area contributed by atoms with Gasteiger partial charge in [0.25, 0.3) is 0 Å². The molecule has 0 aromatic carbocycles. The lowest BCUT2D eigenvalue weighted by molar-refractivity contribution is -0.227. The highest BCUT2D eigenvalue weighted by Gasteiger charge is 2.66. The Bertz CT molecular complexity index is 1540. The fourth-order valence-electron chi connectivity index (χ4n) is 12.6. The summed E-state index contributed by atoms with van der Waals surface area (Å²) >= 11 is 0.